The summed E-state index contributed by atoms with van der Waals surface area (Å²) < 4.78 is 6.76. The molecule has 1 saturated heterocycles. The van der Waals surface area contributed by atoms with E-state index in [0.29, 0.717) is 5.92 Å². The van der Waals surface area contributed by atoms with Crippen LogP contribution < -0.4 is 5.23 Å². The fourth-order valence-electron chi connectivity index (χ4n) is 6.03. The number of benzene rings is 4. The van der Waals surface area contributed by atoms with Gasteiger partial charge in [0.25, 0.3) is 0 Å². The molecule has 4 aromatic rings. The number of fused-ring (bicyclic) bond motifs is 2. The minimum atomic E-state index is -0.552. The molecule has 1 aliphatic heterocycles. The zero-order valence-corrected chi connectivity index (χ0v) is 17.8. The normalized spacial score (nSPS) is 21.4. The van der Waals surface area contributed by atoms with E-state index in [1.807, 2.05) is 7.62 Å². The number of hydrogen-bond donors (Lipinski definition) is 1. The first-order chi connectivity index (χ1) is 15.4. The lowest BCUT2D eigenvalue weighted by Gasteiger charge is -2.42. The quantitative estimate of drug-likeness (QED) is 0.403. The highest BCUT2D eigenvalue weighted by atomic mass is 16.5. The highest BCUT2D eigenvalue weighted by Gasteiger charge is 2.51. The Labute approximate surface area is 184 Å². The van der Waals surface area contributed by atoms with Crippen LogP contribution in [-0.4, -0.2) is 13.7 Å². The second-order valence-corrected chi connectivity index (χ2v) is 9.07. The Bertz CT molecular complexity index is 1140. The smallest absolute Gasteiger partial charge is 0.397 e. The Kier molecular flexibility index (Phi) is 4.82. The summed E-state index contributed by atoms with van der Waals surface area (Å²) in [5.41, 5.74) is 1.97. The van der Waals surface area contributed by atoms with Crippen LogP contribution in [0.3, 0.4) is 0 Å². The van der Waals surface area contributed by atoms with Gasteiger partial charge in [-0.2, -0.15) is 0 Å². The molecule has 2 aliphatic rings. The summed E-state index contributed by atoms with van der Waals surface area (Å²) in [4.78, 5) is 0. The molecule has 2 nitrogen and oxygen atoms in total. The first-order valence-electron chi connectivity index (χ1n) is 11.6. The van der Waals surface area contributed by atoms with E-state index < -0.39 is 5.60 Å². The molecule has 1 heterocycles. The van der Waals surface area contributed by atoms with E-state index in [1.54, 1.807) is 0 Å². The zero-order chi connectivity index (χ0) is 20.7. The van der Waals surface area contributed by atoms with Crippen molar-refractivity contribution < 1.29 is 4.65 Å². The largest absolute Gasteiger partial charge is 0.409 e. The van der Waals surface area contributed by atoms with Crippen molar-refractivity contribution in [3.05, 3.63) is 96.1 Å². The lowest BCUT2D eigenvalue weighted by molar-refractivity contribution is 0.0832. The van der Waals surface area contributed by atoms with E-state index in [0.717, 1.165) is 0 Å². The summed E-state index contributed by atoms with van der Waals surface area (Å²) in [5.74, 6) is 0.588. The van der Waals surface area contributed by atoms with Crippen LogP contribution in [0.25, 0.3) is 21.5 Å². The van der Waals surface area contributed by atoms with Gasteiger partial charge >= 0.3 is 7.62 Å². The maximum atomic E-state index is 6.76. The second kappa shape index (κ2) is 7.82. The Balaban J connectivity index is 1.66. The topological polar surface area (TPSA) is 21.3 Å². The van der Waals surface area contributed by atoms with Gasteiger partial charge in [0.15, 0.2) is 0 Å². The van der Waals surface area contributed by atoms with Gasteiger partial charge in [-0.3, -0.25) is 0 Å². The van der Waals surface area contributed by atoms with Crippen LogP contribution >= 0.6 is 0 Å². The van der Waals surface area contributed by atoms with Gasteiger partial charge in [-0.25, -0.2) is 0 Å². The highest BCUT2D eigenvalue weighted by Crippen LogP contribution is 2.49. The van der Waals surface area contributed by atoms with Crippen LogP contribution in [0.1, 0.15) is 43.2 Å². The third-order valence-corrected chi connectivity index (χ3v) is 7.43. The van der Waals surface area contributed by atoms with Crippen LogP contribution in [0.2, 0.25) is 0 Å². The van der Waals surface area contributed by atoms with Crippen molar-refractivity contribution in [2.24, 2.45) is 5.92 Å². The molecule has 0 aromatic heterocycles. The molecule has 0 unspecified atom stereocenters. The molecular weight excluding hydrogens is 377 g/mol. The second-order valence-electron chi connectivity index (χ2n) is 9.07. The van der Waals surface area contributed by atoms with Crippen LogP contribution in [-0.2, 0) is 10.3 Å². The van der Waals surface area contributed by atoms with Gasteiger partial charge in [-0.1, -0.05) is 104 Å². The molecule has 1 aliphatic carbocycles. The lowest BCUT2D eigenvalue weighted by atomic mass is 9.69. The third-order valence-electron chi connectivity index (χ3n) is 7.43. The van der Waals surface area contributed by atoms with E-state index in [9.17, 15) is 0 Å². The molecule has 0 spiro atoms. The van der Waals surface area contributed by atoms with E-state index in [2.05, 4.69) is 90.2 Å². The fourth-order valence-corrected chi connectivity index (χ4v) is 6.03. The summed E-state index contributed by atoms with van der Waals surface area (Å²) in [6.07, 6.45) is 6.48. The van der Waals surface area contributed by atoms with Crippen LogP contribution in [0.15, 0.2) is 84.9 Å². The first kappa shape index (κ1) is 19.1. The van der Waals surface area contributed by atoms with Gasteiger partial charge in [-0.05, 0) is 51.4 Å². The maximum Gasteiger partial charge on any atom is 0.397 e. The van der Waals surface area contributed by atoms with Crippen molar-refractivity contribution in [2.75, 3.05) is 0 Å². The van der Waals surface area contributed by atoms with Gasteiger partial charge in [0.1, 0.15) is 5.60 Å². The number of hydrogen-bond acceptors (Lipinski definition) is 2. The monoisotopic (exact) mass is 404 g/mol. The van der Waals surface area contributed by atoms with Gasteiger partial charge < -0.3 is 9.88 Å². The molecule has 31 heavy (non-hydrogen) atoms. The average Bonchev–Trinajstić information content (AvgIpc) is 3.29. The summed E-state index contributed by atoms with van der Waals surface area (Å²) in [6.45, 7) is 0. The highest BCUT2D eigenvalue weighted by molar-refractivity contribution is 6.25. The molecule has 1 radical (unpaired) electrons. The summed E-state index contributed by atoms with van der Waals surface area (Å²) >= 11 is 0. The van der Waals surface area contributed by atoms with Crippen LogP contribution in [0.5, 0.6) is 0 Å². The van der Waals surface area contributed by atoms with E-state index in [-0.39, 0.29) is 6.04 Å². The van der Waals surface area contributed by atoms with Crippen LogP contribution in [0, 0.1) is 5.92 Å². The predicted molar refractivity (Wildman–Crippen MR) is 129 cm³/mol. The summed E-state index contributed by atoms with van der Waals surface area (Å²) in [5, 5.41) is 8.77. The summed E-state index contributed by atoms with van der Waals surface area (Å²) in [6, 6.07) is 31.0. The lowest BCUT2D eigenvalue weighted by Crippen LogP contribution is -2.48. The van der Waals surface area contributed by atoms with Gasteiger partial charge in [0, 0.05) is 6.04 Å². The Morgan fingerprint density at radius 3 is 1.84 bits per heavy atom. The van der Waals surface area contributed by atoms with Crippen molar-refractivity contribution in [1.82, 2.24) is 5.23 Å². The van der Waals surface area contributed by atoms with E-state index >= 15 is 0 Å². The molecule has 2 fully saturated rings. The number of rotatable bonds is 3. The van der Waals surface area contributed by atoms with Crippen molar-refractivity contribution >= 4 is 29.2 Å². The van der Waals surface area contributed by atoms with E-state index in [4.69, 9.17) is 4.65 Å². The predicted octanol–water partition coefficient (Wildman–Crippen LogP) is 6.34. The fraction of sp³-hybridized carbons (Fsp3) is 0.286. The Morgan fingerprint density at radius 1 is 0.677 bits per heavy atom. The van der Waals surface area contributed by atoms with Crippen LogP contribution in [0.4, 0.5) is 0 Å². The van der Waals surface area contributed by atoms with Crippen molar-refractivity contribution in [3.8, 4) is 0 Å². The minimum Gasteiger partial charge on any atom is -0.409 e. The molecule has 6 rings (SSSR count). The standard InChI is InChI=1S/C28H27BNO/c1-2-12-22(13-3-1)27-28(31-29-30-27,25-18-8-14-20-10-4-6-16-23(20)25)26-19-9-15-21-11-5-7-17-24(21)26/h4-11,14-19,22,27,30H,1-3,12-13H2/t27-/m1/s1. The van der Waals surface area contributed by atoms with Gasteiger partial charge in [0.05, 0.1) is 0 Å². The SMILES string of the molecule is [B]1N[C@H](C2CCCCC2)C(c2cccc3ccccc23)(c2cccc3ccccc23)O1. The molecule has 1 N–H and O–H groups in total. The molecule has 3 heteroatoms. The van der Waals surface area contributed by atoms with Crippen molar-refractivity contribution in [1.29, 1.82) is 0 Å². The molecular formula is C28H27BNO. The van der Waals surface area contributed by atoms with Gasteiger partial charge in [0.2, 0.25) is 0 Å². The van der Waals surface area contributed by atoms with E-state index in [1.165, 1.54) is 64.8 Å². The van der Waals surface area contributed by atoms with Gasteiger partial charge in [-0.15, -0.1) is 0 Å². The zero-order valence-electron chi connectivity index (χ0n) is 17.8. The molecule has 1 atom stereocenters. The van der Waals surface area contributed by atoms with Crippen molar-refractivity contribution in [3.63, 3.8) is 0 Å². The molecule has 0 bridgehead atoms. The Morgan fingerprint density at radius 2 is 1.23 bits per heavy atom. The molecule has 0 amide bonds. The average molecular weight is 404 g/mol. The van der Waals surface area contributed by atoms with Crippen molar-refractivity contribution in [2.45, 2.75) is 43.7 Å². The molecule has 153 valence electrons. The Hall–Kier alpha value is -2.62. The molecule has 4 aromatic carbocycles. The first-order valence-corrected chi connectivity index (χ1v) is 11.6. The summed E-state index contributed by atoms with van der Waals surface area (Å²) in [7, 11) is 1.86. The number of nitrogens with one attached hydrogen (secondary N) is 1. The maximum absolute atomic E-state index is 6.76. The third kappa shape index (κ3) is 3.02. The molecule has 1 saturated carbocycles. The minimum absolute atomic E-state index is 0.212.